The van der Waals surface area contributed by atoms with Crippen molar-refractivity contribution in [2.45, 2.75) is 83.5 Å². The van der Waals surface area contributed by atoms with E-state index in [9.17, 15) is 5.11 Å². The smallest absolute Gasteiger partial charge is 0.108 e. The number of aliphatic hydroxyl groups is 1. The number of hydrogen-bond donors (Lipinski definition) is 2. The van der Waals surface area contributed by atoms with Gasteiger partial charge in [0, 0.05) is 30.4 Å². The first-order valence-corrected chi connectivity index (χ1v) is 11.1. The van der Waals surface area contributed by atoms with Crippen molar-refractivity contribution in [1.82, 2.24) is 5.32 Å². The Labute approximate surface area is 164 Å². The summed E-state index contributed by atoms with van der Waals surface area (Å²) in [6.45, 7) is 9.25. The number of aliphatic hydroxyl groups excluding tert-OH is 1. The highest BCUT2D eigenvalue weighted by Gasteiger charge is 2.46. The summed E-state index contributed by atoms with van der Waals surface area (Å²) in [7, 11) is 1.87. The molecule has 4 heteroatoms. The van der Waals surface area contributed by atoms with Gasteiger partial charge in [0.1, 0.15) is 6.23 Å². The van der Waals surface area contributed by atoms with Gasteiger partial charge in [0.05, 0.1) is 6.10 Å². The third-order valence-electron chi connectivity index (χ3n) is 7.30. The van der Waals surface area contributed by atoms with Crippen LogP contribution in [0.2, 0.25) is 0 Å². The first-order valence-electron chi connectivity index (χ1n) is 10.6. The molecule has 0 aromatic carbocycles. The number of allylic oxidation sites excluding steroid dienone is 1. The fourth-order valence-electron chi connectivity index (χ4n) is 5.80. The van der Waals surface area contributed by atoms with Crippen LogP contribution in [0.5, 0.6) is 0 Å². The summed E-state index contributed by atoms with van der Waals surface area (Å²) in [5.74, 6) is 3.11. The lowest BCUT2D eigenvalue weighted by Crippen LogP contribution is -2.39. The number of hydrogen-bond acceptors (Lipinski definition) is 3. The zero-order valence-corrected chi connectivity index (χ0v) is 17.9. The van der Waals surface area contributed by atoms with Gasteiger partial charge in [0.25, 0.3) is 0 Å². The molecule has 7 unspecified atom stereocenters. The monoisotopic (exact) mass is 383 g/mol. The second-order valence-corrected chi connectivity index (χ2v) is 10.2. The van der Waals surface area contributed by atoms with Crippen molar-refractivity contribution in [2.75, 3.05) is 7.11 Å². The molecule has 3 aliphatic rings. The molecule has 2 aliphatic carbocycles. The van der Waals surface area contributed by atoms with E-state index in [1.54, 1.807) is 0 Å². The number of fused-ring (bicyclic) bond motifs is 1. The predicted octanol–water partition coefficient (Wildman–Crippen LogP) is 4.58. The van der Waals surface area contributed by atoms with Gasteiger partial charge in [-0.15, -0.1) is 11.6 Å². The van der Waals surface area contributed by atoms with Crippen LogP contribution >= 0.6 is 11.6 Å². The first kappa shape index (κ1) is 20.6. The van der Waals surface area contributed by atoms with Crippen LogP contribution in [0, 0.1) is 35.5 Å². The van der Waals surface area contributed by atoms with Gasteiger partial charge in [-0.25, -0.2) is 0 Å². The van der Waals surface area contributed by atoms with Gasteiger partial charge in [-0.2, -0.15) is 0 Å². The lowest BCUT2D eigenvalue weighted by molar-refractivity contribution is -0.0168. The Morgan fingerprint density at radius 2 is 1.96 bits per heavy atom. The highest BCUT2D eigenvalue weighted by atomic mass is 35.5. The largest absolute Gasteiger partial charge is 0.381 e. The average Bonchev–Trinajstić information content (AvgIpc) is 2.88. The average molecular weight is 384 g/mol. The normalized spacial score (nSPS) is 43.7. The molecule has 1 heterocycles. The molecule has 3 rings (SSSR count). The molecule has 0 aromatic rings. The Bertz CT molecular complexity index is 506. The maximum absolute atomic E-state index is 10.7. The summed E-state index contributed by atoms with van der Waals surface area (Å²) in [5, 5.41) is 14.4. The second-order valence-electron chi connectivity index (χ2n) is 9.62. The van der Waals surface area contributed by atoms with E-state index < -0.39 is 0 Å². The second kappa shape index (κ2) is 8.51. The van der Waals surface area contributed by atoms with Gasteiger partial charge in [-0.1, -0.05) is 39.3 Å². The third-order valence-corrected chi connectivity index (χ3v) is 7.70. The van der Waals surface area contributed by atoms with Crippen molar-refractivity contribution < 1.29 is 9.84 Å². The van der Waals surface area contributed by atoms with Crippen LogP contribution in [-0.2, 0) is 4.74 Å². The summed E-state index contributed by atoms with van der Waals surface area (Å²) < 4.78 is 5.96. The molecule has 8 atom stereocenters. The van der Waals surface area contributed by atoms with Crippen LogP contribution in [0.4, 0.5) is 0 Å². The molecule has 0 radical (unpaired) electrons. The molecular formula is C22H38ClNO2. The Hall–Kier alpha value is -0.0900. The maximum atomic E-state index is 10.7. The number of alkyl halides is 1. The number of rotatable bonds is 5. The summed E-state index contributed by atoms with van der Waals surface area (Å²) in [6.07, 6.45) is 7.76. The van der Waals surface area contributed by atoms with E-state index >= 15 is 0 Å². The van der Waals surface area contributed by atoms with Crippen LogP contribution in [0.25, 0.3) is 0 Å². The maximum Gasteiger partial charge on any atom is 0.108 e. The standard InChI is InChI=1S/C22H38ClNO2/c1-12(2)17-8-14(9-18(13(3)4)21(17)26-5)10-19-16-7-6-15(23)11-20(16)24-22(19)25/h8,12-13,15-22,24-25H,6-7,9-11H2,1-5H3/t15?,16?,17?,18?,19?,20?,21-,22?/m0/s1. The number of halogens is 1. The minimum absolute atomic E-state index is 0.265. The lowest BCUT2D eigenvalue weighted by atomic mass is 9.68. The molecule has 1 aliphatic heterocycles. The molecular weight excluding hydrogens is 346 g/mol. The zero-order valence-electron chi connectivity index (χ0n) is 17.1. The van der Waals surface area contributed by atoms with E-state index in [4.69, 9.17) is 16.3 Å². The van der Waals surface area contributed by atoms with Crippen LogP contribution < -0.4 is 5.32 Å². The highest BCUT2D eigenvalue weighted by Crippen LogP contribution is 2.45. The van der Waals surface area contributed by atoms with Crippen molar-refractivity contribution in [3.8, 4) is 0 Å². The topological polar surface area (TPSA) is 41.5 Å². The summed E-state index contributed by atoms with van der Waals surface area (Å²) in [4.78, 5) is 0. The molecule has 1 saturated carbocycles. The van der Waals surface area contributed by atoms with Gasteiger partial charge < -0.3 is 9.84 Å². The fraction of sp³-hybridized carbons (Fsp3) is 0.909. The first-order chi connectivity index (χ1) is 12.3. The lowest BCUT2D eigenvalue weighted by Gasteiger charge is -2.41. The molecule has 0 bridgehead atoms. The SMILES string of the molecule is CO[C@H]1C(C(C)C)C=C(CC2C(O)NC3CC(Cl)CCC32)CC1C(C)C. The number of nitrogens with one attached hydrogen (secondary N) is 1. The van der Waals surface area contributed by atoms with Crippen molar-refractivity contribution in [3.05, 3.63) is 11.6 Å². The van der Waals surface area contributed by atoms with Gasteiger partial charge in [-0.05, 0) is 55.8 Å². The minimum Gasteiger partial charge on any atom is -0.381 e. The van der Waals surface area contributed by atoms with Gasteiger partial charge in [0.2, 0.25) is 0 Å². The van der Waals surface area contributed by atoms with Crippen molar-refractivity contribution in [3.63, 3.8) is 0 Å². The molecule has 0 aromatic heterocycles. The van der Waals surface area contributed by atoms with Crippen molar-refractivity contribution in [1.29, 1.82) is 0 Å². The van der Waals surface area contributed by atoms with Crippen LogP contribution in [0.15, 0.2) is 11.6 Å². The van der Waals surface area contributed by atoms with E-state index in [1.807, 2.05) is 7.11 Å². The molecule has 0 amide bonds. The molecule has 2 fully saturated rings. The Kier molecular flexibility index (Phi) is 6.75. The molecule has 2 N–H and O–H groups in total. The summed E-state index contributed by atoms with van der Waals surface area (Å²) in [6, 6.07) is 0.393. The van der Waals surface area contributed by atoms with Gasteiger partial charge in [-0.3, -0.25) is 5.32 Å². The van der Waals surface area contributed by atoms with E-state index in [0.717, 1.165) is 32.1 Å². The van der Waals surface area contributed by atoms with Crippen LogP contribution in [0.1, 0.15) is 59.8 Å². The predicted molar refractivity (Wildman–Crippen MR) is 108 cm³/mol. The third kappa shape index (κ3) is 4.16. The Morgan fingerprint density at radius 1 is 1.23 bits per heavy atom. The number of ether oxygens (including phenoxy) is 1. The van der Waals surface area contributed by atoms with Crippen molar-refractivity contribution >= 4 is 11.6 Å². The van der Waals surface area contributed by atoms with E-state index in [1.165, 1.54) is 5.57 Å². The number of methoxy groups -OCH3 is 1. The summed E-state index contributed by atoms with van der Waals surface area (Å²) in [5.41, 5.74) is 1.54. The van der Waals surface area contributed by atoms with Gasteiger partial charge in [0.15, 0.2) is 0 Å². The van der Waals surface area contributed by atoms with E-state index in [2.05, 4.69) is 39.1 Å². The van der Waals surface area contributed by atoms with E-state index in [-0.39, 0.29) is 11.6 Å². The molecule has 3 nitrogen and oxygen atoms in total. The molecule has 150 valence electrons. The zero-order chi connectivity index (χ0) is 19.0. The Morgan fingerprint density at radius 3 is 2.58 bits per heavy atom. The quantitative estimate of drug-likeness (QED) is 0.539. The Balaban J connectivity index is 1.77. The highest BCUT2D eigenvalue weighted by molar-refractivity contribution is 6.20. The van der Waals surface area contributed by atoms with Crippen LogP contribution in [0.3, 0.4) is 0 Å². The minimum atomic E-state index is -0.386. The molecule has 1 saturated heterocycles. The van der Waals surface area contributed by atoms with E-state index in [0.29, 0.717) is 47.7 Å². The van der Waals surface area contributed by atoms with Crippen molar-refractivity contribution in [2.24, 2.45) is 35.5 Å². The van der Waals surface area contributed by atoms with Gasteiger partial charge >= 0.3 is 0 Å². The summed E-state index contributed by atoms with van der Waals surface area (Å²) >= 11 is 6.36. The van der Waals surface area contributed by atoms with Crippen LogP contribution in [-0.4, -0.2) is 36.0 Å². The molecule has 0 spiro atoms. The molecule has 26 heavy (non-hydrogen) atoms. The fourth-order valence-corrected chi connectivity index (χ4v) is 6.12.